The fourth-order valence-corrected chi connectivity index (χ4v) is 4.99. The topological polar surface area (TPSA) is 102 Å². The number of hydrogen-bond acceptors (Lipinski definition) is 7. The molecule has 2 saturated heterocycles. The first kappa shape index (κ1) is 22.5. The number of nitrogens with two attached hydrogens (primary N) is 2. The largest absolute Gasteiger partial charge is 0.393 e. The van der Waals surface area contributed by atoms with Gasteiger partial charge >= 0.3 is 0 Å². The van der Waals surface area contributed by atoms with Crippen LogP contribution in [0.15, 0.2) is 30.7 Å². The fourth-order valence-electron chi connectivity index (χ4n) is 4.99. The van der Waals surface area contributed by atoms with Gasteiger partial charge in [0.15, 0.2) is 23.3 Å². The molecule has 4 N–H and O–H groups in total. The summed E-state index contributed by atoms with van der Waals surface area (Å²) in [4.78, 5) is 17.8. The molecule has 2 fully saturated rings. The Balaban J connectivity index is 1.37. The smallest absolute Gasteiger partial charge is 0.159 e. The molecule has 0 spiro atoms. The summed E-state index contributed by atoms with van der Waals surface area (Å²) in [6.07, 6.45) is 7.65. The summed E-state index contributed by atoms with van der Waals surface area (Å²) in [5.41, 5.74) is 13.6. The number of benzene rings is 1. The van der Waals surface area contributed by atoms with Crippen molar-refractivity contribution in [2.24, 2.45) is 0 Å². The van der Waals surface area contributed by atoms with E-state index in [1.54, 1.807) is 6.07 Å². The maximum Gasteiger partial charge on any atom is 0.159 e. The molecule has 4 heterocycles. The van der Waals surface area contributed by atoms with Crippen molar-refractivity contribution in [3.05, 3.63) is 48.2 Å². The Morgan fingerprint density at radius 3 is 2.44 bits per heavy atom. The van der Waals surface area contributed by atoms with E-state index < -0.39 is 11.6 Å². The van der Waals surface area contributed by atoms with Gasteiger partial charge in [0.25, 0.3) is 0 Å². The molecule has 5 rings (SSSR count). The first-order valence-electron chi connectivity index (χ1n) is 11.9. The lowest BCUT2D eigenvalue weighted by molar-refractivity contribution is 0.317. The number of anilines is 3. The van der Waals surface area contributed by atoms with E-state index in [-0.39, 0.29) is 5.92 Å². The summed E-state index contributed by atoms with van der Waals surface area (Å²) < 4.78 is 29.6. The number of aromatic nitrogens is 4. The second-order valence-electron chi connectivity index (χ2n) is 9.11. The SMILES string of the molecule is Nc1ncnc(N2CCC(c3nc(-c4ccc(F)c(F)c4)cn3CCN3CCCC3)CC2)c1N. The number of rotatable bonds is 6. The van der Waals surface area contributed by atoms with Gasteiger partial charge in [-0.25, -0.2) is 23.7 Å². The van der Waals surface area contributed by atoms with Gasteiger partial charge < -0.3 is 25.8 Å². The number of halogens is 2. The Morgan fingerprint density at radius 2 is 1.71 bits per heavy atom. The maximum atomic E-state index is 13.9. The number of imidazole rings is 1. The lowest BCUT2D eigenvalue weighted by atomic mass is 9.95. The lowest BCUT2D eigenvalue weighted by Gasteiger charge is -2.33. The van der Waals surface area contributed by atoms with E-state index in [0.29, 0.717) is 28.6 Å². The van der Waals surface area contributed by atoms with Crippen molar-refractivity contribution in [2.75, 3.05) is 49.1 Å². The van der Waals surface area contributed by atoms with Crippen LogP contribution >= 0.6 is 0 Å². The van der Waals surface area contributed by atoms with Crippen molar-refractivity contribution in [1.82, 2.24) is 24.4 Å². The normalized spacial score (nSPS) is 17.5. The van der Waals surface area contributed by atoms with Crippen molar-refractivity contribution in [3.8, 4) is 11.3 Å². The van der Waals surface area contributed by atoms with Crippen LogP contribution in [0.1, 0.15) is 37.4 Å². The molecule has 10 heteroatoms. The lowest BCUT2D eigenvalue weighted by Crippen LogP contribution is -2.35. The number of nitrogen functional groups attached to an aromatic ring is 2. The van der Waals surface area contributed by atoms with E-state index in [9.17, 15) is 8.78 Å². The van der Waals surface area contributed by atoms with Crippen LogP contribution in [0.5, 0.6) is 0 Å². The Kier molecular flexibility index (Phi) is 6.32. The minimum absolute atomic E-state index is 0.245. The average Bonchev–Trinajstić information content (AvgIpc) is 3.51. The van der Waals surface area contributed by atoms with Gasteiger partial charge in [0.2, 0.25) is 0 Å². The fraction of sp³-hybridized carbons (Fsp3) is 0.458. The molecule has 2 aliphatic heterocycles. The minimum Gasteiger partial charge on any atom is -0.393 e. The highest BCUT2D eigenvalue weighted by Gasteiger charge is 2.27. The molecule has 0 saturated carbocycles. The van der Waals surface area contributed by atoms with Crippen LogP contribution in [0, 0.1) is 11.6 Å². The molecular weight excluding hydrogens is 438 g/mol. The predicted molar refractivity (Wildman–Crippen MR) is 128 cm³/mol. The third-order valence-electron chi connectivity index (χ3n) is 6.93. The quantitative estimate of drug-likeness (QED) is 0.572. The van der Waals surface area contributed by atoms with E-state index in [1.807, 2.05) is 6.20 Å². The molecule has 180 valence electrons. The minimum atomic E-state index is -0.860. The Bertz CT molecular complexity index is 1150. The zero-order valence-electron chi connectivity index (χ0n) is 19.1. The number of likely N-dealkylation sites (tertiary alicyclic amines) is 1. The molecule has 0 radical (unpaired) electrons. The van der Waals surface area contributed by atoms with Crippen molar-refractivity contribution in [2.45, 2.75) is 38.1 Å². The second-order valence-corrected chi connectivity index (χ2v) is 9.11. The van der Waals surface area contributed by atoms with Gasteiger partial charge in [0.05, 0.1) is 5.69 Å². The van der Waals surface area contributed by atoms with Crippen molar-refractivity contribution in [3.63, 3.8) is 0 Å². The summed E-state index contributed by atoms with van der Waals surface area (Å²) >= 11 is 0. The molecule has 34 heavy (non-hydrogen) atoms. The maximum absolute atomic E-state index is 13.9. The summed E-state index contributed by atoms with van der Waals surface area (Å²) in [5.74, 6) is 0.490. The number of piperidine rings is 1. The summed E-state index contributed by atoms with van der Waals surface area (Å²) in [7, 11) is 0. The first-order chi connectivity index (χ1) is 16.5. The van der Waals surface area contributed by atoms with Gasteiger partial charge in [0, 0.05) is 43.9 Å². The van der Waals surface area contributed by atoms with Gasteiger partial charge in [-0.05, 0) is 57.0 Å². The number of hydrogen-bond donors (Lipinski definition) is 2. The van der Waals surface area contributed by atoms with E-state index in [4.69, 9.17) is 16.5 Å². The van der Waals surface area contributed by atoms with Crippen LogP contribution in [-0.2, 0) is 6.54 Å². The van der Waals surface area contributed by atoms with Crippen LogP contribution in [0.2, 0.25) is 0 Å². The van der Waals surface area contributed by atoms with Crippen LogP contribution in [-0.4, -0.2) is 57.1 Å². The molecule has 1 aromatic carbocycles. The van der Waals surface area contributed by atoms with E-state index in [1.165, 1.54) is 25.2 Å². The zero-order chi connectivity index (χ0) is 23.7. The van der Waals surface area contributed by atoms with E-state index in [0.717, 1.165) is 64.0 Å². The van der Waals surface area contributed by atoms with Crippen LogP contribution in [0.4, 0.5) is 26.1 Å². The van der Waals surface area contributed by atoms with Gasteiger partial charge in [-0.1, -0.05) is 0 Å². The molecular formula is C24H30F2N8. The molecule has 8 nitrogen and oxygen atoms in total. The molecule has 3 aromatic rings. The van der Waals surface area contributed by atoms with E-state index >= 15 is 0 Å². The van der Waals surface area contributed by atoms with Crippen molar-refractivity contribution < 1.29 is 8.78 Å². The van der Waals surface area contributed by atoms with Crippen LogP contribution < -0.4 is 16.4 Å². The molecule has 0 amide bonds. The van der Waals surface area contributed by atoms with E-state index in [2.05, 4.69) is 24.3 Å². The number of nitrogens with zero attached hydrogens (tertiary/aromatic N) is 6. The molecule has 0 atom stereocenters. The highest BCUT2D eigenvalue weighted by atomic mass is 19.2. The monoisotopic (exact) mass is 468 g/mol. The molecule has 0 aliphatic carbocycles. The van der Waals surface area contributed by atoms with Gasteiger partial charge in [-0.2, -0.15) is 0 Å². The third kappa shape index (κ3) is 4.54. The Morgan fingerprint density at radius 1 is 0.941 bits per heavy atom. The molecule has 2 aliphatic rings. The Labute approximate surface area is 197 Å². The summed E-state index contributed by atoms with van der Waals surface area (Å²) in [5, 5.41) is 0. The molecule has 0 bridgehead atoms. The Hall–Kier alpha value is -3.27. The van der Waals surface area contributed by atoms with Gasteiger partial charge in [-0.15, -0.1) is 0 Å². The second kappa shape index (κ2) is 9.54. The highest BCUT2D eigenvalue weighted by Crippen LogP contribution is 2.34. The summed E-state index contributed by atoms with van der Waals surface area (Å²) in [6, 6.07) is 3.96. The first-order valence-corrected chi connectivity index (χ1v) is 11.9. The molecule has 0 unspecified atom stereocenters. The predicted octanol–water partition coefficient (Wildman–Crippen LogP) is 3.26. The van der Waals surface area contributed by atoms with Crippen LogP contribution in [0.3, 0.4) is 0 Å². The van der Waals surface area contributed by atoms with Crippen molar-refractivity contribution >= 4 is 17.3 Å². The zero-order valence-corrected chi connectivity index (χ0v) is 19.1. The van der Waals surface area contributed by atoms with Crippen molar-refractivity contribution in [1.29, 1.82) is 0 Å². The van der Waals surface area contributed by atoms with Gasteiger partial charge in [-0.3, -0.25) is 0 Å². The standard InChI is InChI=1S/C24H30F2N8/c25-18-4-3-17(13-19(18)26)20-14-34(12-11-32-7-1-2-8-32)23(31-20)16-5-9-33(10-6-16)24-21(27)22(28)29-15-30-24/h3-4,13-16H,1-2,5-12,27H2,(H2,28,29,30). The summed E-state index contributed by atoms with van der Waals surface area (Å²) in [6.45, 7) is 5.57. The third-order valence-corrected chi connectivity index (χ3v) is 6.93. The molecule has 2 aromatic heterocycles. The van der Waals surface area contributed by atoms with Gasteiger partial charge in [0.1, 0.15) is 17.8 Å². The van der Waals surface area contributed by atoms with Crippen LogP contribution in [0.25, 0.3) is 11.3 Å². The average molecular weight is 469 g/mol. The highest BCUT2D eigenvalue weighted by molar-refractivity contribution is 5.73.